The fraction of sp³-hybridized carbons (Fsp3) is 0.400. The second kappa shape index (κ2) is 8.23. The molecule has 1 saturated heterocycles. The maximum atomic E-state index is 5.57. The van der Waals surface area contributed by atoms with Crippen molar-refractivity contribution in [3.05, 3.63) is 53.6 Å². The molecule has 134 valence electrons. The van der Waals surface area contributed by atoms with Gasteiger partial charge in [-0.15, -0.1) is 0 Å². The van der Waals surface area contributed by atoms with Gasteiger partial charge in [-0.3, -0.25) is 4.90 Å². The summed E-state index contributed by atoms with van der Waals surface area (Å²) in [7, 11) is 5.06. The van der Waals surface area contributed by atoms with Crippen molar-refractivity contribution in [1.29, 1.82) is 0 Å². The van der Waals surface area contributed by atoms with Crippen LogP contribution in [0.25, 0.3) is 0 Å². The minimum Gasteiger partial charge on any atom is -0.496 e. The molecule has 1 N–H and O–H groups in total. The van der Waals surface area contributed by atoms with Gasteiger partial charge < -0.3 is 19.5 Å². The van der Waals surface area contributed by atoms with Gasteiger partial charge in [0.2, 0.25) is 0 Å². The first kappa shape index (κ1) is 17.6. The molecule has 5 heteroatoms. The fourth-order valence-electron chi connectivity index (χ4n) is 3.40. The molecule has 1 aliphatic heterocycles. The molecule has 0 bridgehead atoms. The highest BCUT2D eigenvalue weighted by molar-refractivity contribution is 5.43. The predicted octanol–water partition coefficient (Wildman–Crippen LogP) is 2.86. The third kappa shape index (κ3) is 3.89. The highest BCUT2D eigenvalue weighted by Crippen LogP contribution is 2.33. The molecule has 0 saturated carbocycles. The molecule has 1 fully saturated rings. The number of para-hydroxylation sites is 1. The zero-order valence-corrected chi connectivity index (χ0v) is 15.1. The summed E-state index contributed by atoms with van der Waals surface area (Å²) in [5, 5.41) is 3.50. The van der Waals surface area contributed by atoms with Crippen LogP contribution in [0.5, 0.6) is 17.2 Å². The third-order valence-electron chi connectivity index (χ3n) is 4.69. The number of ether oxygens (including phenoxy) is 3. The fourth-order valence-corrected chi connectivity index (χ4v) is 3.40. The van der Waals surface area contributed by atoms with Gasteiger partial charge in [0.15, 0.2) is 11.5 Å². The van der Waals surface area contributed by atoms with E-state index in [9.17, 15) is 0 Å². The van der Waals surface area contributed by atoms with Crippen molar-refractivity contribution in [1.82, 2.24) is 10.2 Å². The van der Waals surface area contributed by atoms with Crippen LogP contribution in [-0.4, -0.2) is 45.9 Å². The van der Waals surface area contributed by atoms with Gasteiger partial charge in [-0.05, 0) is 23.8 Å². The highest BCUT2D eigenvalue weighted by atomic mass is 16.5. The molecular formula is C20H26N2O3. The molecule has 1 atom stereocenters. The van der Waals surface area contributed by atoms with E-state index in [0.717, 1.165) is 43.4 Å². The number of benzene rings is 2. The van der Waals surface area contributed by atoms with Crippen LogP contribution in [0.15, 0.2) is 42.5 Å². The molecule has 25 heavy (non-hydrogen) atoms. The minimum atomic E-state index is 0.276. The Morgan fingerprint density at radius 2 is 1.72 bits per heavy atom. The quantitative estimate of drug-likeness (QED) is 0.874. The molecule has 0 radical (unpaired) electrons. The molecule has 0 aliphatic carbocycles. The number of hydrogen-bond acceptors (Lipinski definition) is 5. The van der Waals surface area contributed by atoms with Crippen molar-refractivity contribution >= 4 is 0 Å². The average molecular weight is 342 g/mol. The standard InChI is InChI=1S/C20H26N2O3/c1-23-18-7-5-4-6-16(18)17-13-21-10-11-22(17)14-15-8-9-19(24-2)20(12-15)25-3/h4-9,12,17,21H,10-11,13-14H2,1-3H3. The first-order valence-electron chi connectivity index (χ1n) is 8.55. The van der Waals surface area contributed by atoms with Gasteiger partial charge in [0.05, 0.1) is 27.4 Å². The zero-order valence-electron chi connectivity index (χ0n) is 15.1. The van der Waals surface area contributed by atoms with E-state index in [2.05, 4.69) is 34.5 Å². The van der Waals surface area contributed by atoms with Gasteiger partial charge in [0.1, 0.15) is 5.75 Å². The van der Waals surface area contributed by atoms with Gasteiger partial charge >= 0.3 is 0 Å². The van der Waals surface area contributed by atoms with Crippen LogP contribution in [0, 0.1) is 0 Å². The minimum absolute atomic E-state index is 0.276. The Morgan fingerprint density at radius 1 is 0.960 bits per heavy atom. The summed E-state index contributed by atoms with van der Waals surface area (Å²) in [4.78, 5) is 2.48. The van der Waals surface area contributed by atoms with E-state index in [1.807, 2.05) is 18.2 Å². The number of piperazine rings is 1. The maximum Gasteiger partial charge on any atom is 0.161 e. The van der Waals surface area contributed by atoms with Crippen LogP contribution in [0.2, 0.25) is 0 Å². The number of nitrogens with one attached hydrogen (secondary N) is 1. The third-order valence-corrected chi connectivity index (χ3v) is 4.69. The maximum absolute atomic E-state index is 5.57. The van der Waals surface area contributed by atoms with Gasteiger partial charge in [-0.1, -0.05) is 24.3 Å². The van der Waals surface area contributed by atoms with Crippen molar-refractivity contribution < 1.29 is 14.2 Å². The van der Waals surface area contributed by atoms with Crippen molar-refractivity contribution in [3.63, 3.8) is 0 Å². The highest BCUT2D eigenvalue weighted by Gasteiger charge is 2.26. The lowest BCUT2D eigenvalue weighted by molar-refractivity contribution is 0.151. The first-order valence-corrected chi connectivity index (χ1v) is 8.55. The molecule has 2 aromatic carbocycles. The summed E-state index contributed by atoms with van der Waals surface area (Å²) in [5.41, 5.74) is 2.43. The summed E-state index contributed by atoms with van der Waals surface area (Å²) in [6, 6.07) is 14.7. The van der Waals surface area contributed by atoms with Crippen LogP contribution in [0.1, 0.15) is 17.2 Å². The Morgan fingerprint density at radius 3 is 2.48 bits per heavy atom. The van der Waals surface area contributed by atoms with Gasteiger partial charge in [0, 0.05) is 31.7 Å². The lowest BCUT2D eigenvalue weighted by atomic mass is 10.0. The Bertz CT molecular complexity index is 705. The SMILES string of the molecule is COc1ccc(CN2CCNCC2c2ccccc2OC)cc1OC. The van der Waals surface area contributed by atoms with E-state index in [4.69, 9.17) is 14.2 Å². The Labute approximate surface area is 149 Å². The van der Waals surface area contributed by atoms with Crippen molar-refractivity contribution in [2.75, 3.05) is 41.0 Å². The van der Waals surface area contributed by atoms with E-state index >= 15 is 0 Å². The molecule has 1 unspecified atom stereocenters. The van der Waals surface area contributed by atoms with E-state index in [0.29, 0.717) is 0 Å². The monoisotopic (exact) mass is 342 g/mol. The van der Waals surface area contributed by atoms with Gasteiger partial charge in [0.25, 0.3) is 0 Å². The molecule has 0 spiro atoms. The number of rotatable bonds is 6. The van der Waals surface area contributed by atoms with Crippen LogP contribution < -0.4 is 19.5 Å². The second-order valence-electron chi connectivity index (χ2n) is 6.12. The lowest BCUT2D eigenvalue weighted by Gasteiger charge is -2.37. The summed E-state index contributed by atoms with van der Waals surface area (Å²) < 4.78 is 16.3. The molecule has 0 amide bonds. The second-order valence-corrected chi connectivity index (χ2v) is 6.12. The first-order chi connectivity index (χ1) is 12.3. The van der Waals surface area contributed by atoms with E-state index in [1.54, 1.807) is 21.3 Å². The van der Waals surface area contributed by atoms with Crippen LogP contribution >= 0.6 is 0 Å². The summed E-state index contributed by atoms with van der Waals surface area (Å²) >= 11 is 0. The van der Waals surface area contributed by atoms with Gasteiger partial charge in [-0.2, -0.15) is 0 Å². The van der Waals surface area contributed by atoms with Gasteiger partial charge in [-0.25, -0.2) is 0 Å². The zero-order chi connectivity index (χ0) is 17.6. The van der Waals surface area contributed by atoms with E-state index in [1.165, 1.54) is 11.1 Å². The Hall–Kier alpha value is -2.24. The molecular weight excluding hydrogens is 316 g/mol. The topological polar surface area (TPSA) is 43.0 Å². The van der Waals surface area contributed by atoms with Crippen LogP contribution in [-0.2, 0) is 6.54 Å². The molecule has 0 aromatic heterocycles. The summed E-state index contributed by atoms with van der Waals surface area (Å²) in [6.45, 7) is 3.73. The Balaban J connectivity index is 1.84. The largest absolute Gasteiger partial charge is 0.496 e. The van der Waals surface area contributed by atoms with Crippen LogP contribution in [0.3, 0.4) is 0 Å². The smallest absolute Gasteiger partial charge is 0.161 e. The number of hydrogen-bond donors (Lipinski definition) is 1. The summed E-state index contributed by atoms with van der Waals surface area (Å²) in [5.74, 6) is 2.46. The molecule has 5 nitrogen and oxygen atoms in total. The summed E-state index contributed by atoms with van der Waals surface area (Å²) in [6.07, 6.45) is 0. The molecule has 3 rings (SSSR count). The number of methoxy groups -OCH3 is 3. The Kier molecular flexibility index (Phi) is 5.79. The molecule has 1 aliphatic rings. The number of nitrogens with zero attached hydrogens (tertiary/aromatic N) is 1. The molecule has 2 aromatic rings. The van der Waals surface area contributed by atoms with Crippen molar-refractivity contribution in [2.24, 2.45) is 0 Å². The molecule has 1 heterocycles. The van der Waals surface area contributed by atoms with Crippen molar-refractivity contribution in [2.45, 2.75) is 12.6 Å². The van der Waals surface area contributed by atoms with E-state index in [-0.39, 0.29) is 6.04 Å². The van der Waals surface area contributed by atoms with E-state index < -0.39 is 0 Å². The van der Waals surface area contributed by atoms with Crippen LogP contribution in [0.4, 0.5) is 0 Å². The average Bonchev–Trinajstić information content (AvgIpc) is 2.68. The predicted molar refractivity (Wildman–Crippen MR) is 98.6 cm³/mol. The lowest BCUT2D eigenvalue weighted by Crippen LogP contribution is -2.45. The normalized spacial score (nSPS) is 18.0. The van der Waals surface area contributed by atoms with Crippen molar-refractivity contribution in [3.8, 4) is 17.2 Å².